The summed E-state index contributed by atoms with van der Waals surface area (Å²) in [7, 11) is 5.31. The van der Waals surface area contributed by atoms with E-state index in [1.807, 2.05) is 63.7 Å². The topological polar surface area (TPSA) is 240 Å². The first-order valence-electron chi connectivity index (χ1n) is 27.6. The highest BCUT2D eigenvalue weighted by atomic mass is 19.1. The Morgan fingerprint density at radius 3 is 2.24 bits per heavy atom. The quantitative estimate of drug-likeness (QED) is 0.140. The Labute approximate surface area is 444 Å². The van der Waals surface area contributed by atoms with Crippen LogP contribution in [-0.4, -0.2) is 201 Å². The van der Waals surface area contributed by atoms with Crippen LogP contribution >= 0.6 is 0 Å². The van der Waals surface area contributed by atoms with Crippen LogP contribution in [0.5, 0.6) is 0 Å². The van der Waals surface area contributed by atoms with E-state index in [9.17, 15) is 34.7 Å². The van der Waals surface area contributed by atoms with Crippen LogP contribution in [0, 0.1) is 35.5 Å². The maximum Gasteiger partial charge on any atom is 0.311 e. The summed E-state index contributed by atoms with van der Waals surface area (Å²) in [6, 6.07) is 6.57. The number of likely N-dealkylation sites (N-methyl/N-ethyl adjacent to an activating group) is 2. The van der Waals surface area contributed by atoms with Crippen molar-refractivity contribution in [3.05, 3.63) is 41.7 Å². The van der Waals surface area contributed by atoms with Crippen LogP contribution in [0.2, 0.25) is 0 Å². The molecule has 0 radical (unpaired) electrons. The van der Waals surface area contributed by atoms with Crippen LogP contribution in [-0.2, 0) is 39.6 Å². The average molecular weight is 1060 g/mol. The van der Waals surface area contributed by atoms with E-state index in [2.05, 4.69) is 27.3 Å². The largest absolute Gasteiger partial charge is 0.459 e. The second-order valence-electron chi connectivity index (χ2n) is 23.9. The molecule has 20 heteroatoms. The van der Waals surface area contributed by atoms with E-state index in [-0.39, 0.29) is 30.8 Å². The van der Waals surface area contributed by atoms with Crippen molar-refractivity contribution in [2.24, 2.45) is 41.2 Å². The number of aliphatic hydroxyl groups excluding tert-OH is 3. The highest BCUT2D eigenvalue weighted by molar-refractivity contribution is 5.73. The number of fused-ring (bicyclic) bond motifs is 1. The van der Waals surface area contributed by atoms with Gasteiger partial charge in [-0.25, -0.2) is 9.07 Å². The summed E-state index contributed by atoms with van der Waals surface area (Å²) in [6.45, 7) is 19.8. The van der Waals surface area contributed by atoms with Gasteiger partial charge in [-0.3, -0.25) is 4.79 Å². The first-order valence-corrected chi connectivity index (χ1v) is 27.6. The number of anilines is 1. The number of hydrogen-bond donors (Lipinski definition) is 6. The van der Waals surface area contributed by atoms with Gasteiger partial charge < -0.3 is 74.4 Å². The van der Waals surface area contributed by atoms with Crippen molar-refractivity contribution in [2.75, 3.05) is 59.0 Å². The molecule has 5 fully saturated rings. The van der Waals surface area contributed by atoms with Gasteiger partial charge in [0, 0.05) is 82.1 Å². The van der Waals surface area contributed by atoms with Crippen molar-refractivity contribution in [3.8, 4) is 0 Å². The fourth-order valence-electron chi connectivity index (χ4n) is 12.9. The number of nitrogens with two attached hydrogens (primary N) is 1. The molecule has 1 saturated carbocycles. The normalized spacial score (nSPS) is 42.4. The third-order valence-electron chi connectivity index (χ3n) is 17.9. The second kappa shape index (κ2) is 24.6. The van der Waals surface area contributed by atoms with Gasteiger partial charge in [0.15, 0.2) is 12.6 Å². The molecule has 7 N–H and O–H groups in total. The number of rotatable bonds is 15. The lowest BCUT2D eigenvalue weighted by atomic mass is 9.77. The Hall–Kier alpha value is -2.96. The van der Waals surface area contributed by atoms with Crippen LogP contribution in [0.4, 0.5) is 10.1 Å². The molecule has 2 aromatic rings. The van der Waals surface area contributed by atoms with E-state index in [4.69, 9.17) is 34.2 Å². The van der Waals surface area contributed by atoms with E-state index in [1.165, 1.54) is 11.6 Å². The lowest BCUT2D eigenvalue weighted by Gasteiger charge is -2.48. The number of piperidine rings is 1. The molecule has 1 unspecified atom stereocenters. The average Bonchev–Trinajstić information content (AvgIpc) is 3.69. The molecule has 23 atom stereocenters. The van der Waals surface area contributed by atoms with Gasteiger partial charge >= 0.3 is 5.97 Å². The summed E-state index contributed by atoms with van der Waals surface area (Å²) in [6.07, 6.45) is -6.79. The van der Waals surface area contributed by atoms with E-state index in [1.54, 1.807) is 47.9 Å². The first-order chi connectivity index (χ1) is 35.3. The van der Waals surface area contributed by atoms with Crippen LogP contribution in [0.3, 0.4) is 0 Å². The van der Waals surface area contributed by atoms with Gasteiger partial charge in [0.1, 0.15) is 42.7 Å². The van der Waals surface area contributed by atoms with Crippen molar-refractivity contribution < 1.29 is 63.1 Å². The molecule has 4 saturated heterocycles. The molecule has 19 nitrogen and oxygen atoms in total. The second-order valence-corrected chi connectivity index (χ2v) is 23.9. The molecule has 5 aliphatic rings. The lowest BCUT2D eigenvalue weighted by Crippen LogP contribution is -2.60. The molecule has 1 aliphatic carbocycles. The Morgan fingerprint density at radius 1 is 0.960 bits per heavy atom. The van der Waals surface area contributed by atoms with E-state index in [0.717, 1.165) is 24.3 Å². The Bertz CT molecular complexity index is 2120. The number of cyclic esters (lactones) is 1. The smallest absolute Gasteiger partial charge is 0.311 e. The van der Waals surface area contributed by atoms with Crippen LogP contribution in [0.25, 0.3) is 0 Å². The highest BCUT2D eigenvalue weighted by Gasteiger charge is 2.54. The Morgan fingerprint density at radius 2 is 1.63 bits per heavy atom. The Kier molecular flexibility index (Phi) is 19.6. The minimum atomic E-state index is -1.83. The van der Waals surface area contributed by atoms with E-state index >= 15 is 0 Å². The van der Waals surface area contributed by atoms with E-state index < -0.39 is 115 Å². The van der Waals surface area contributed by atoms with Gasteiger partial charge in [0.2, 0.25) is 0 Å². The van der Waals surface area contributed by atoms with Crippen molar-refractivity contribution in [3.63, 3.8) is 0 Å². The molecule has 0 bridgehead atoms. The summed E-state index contributed by atoms with van der Waals surface area (Å²) in [5.74, 6) is -1.79. The fraction of sp³-hybridized carbons (Fsp3) is 0.836. The number of hydrogen-bond acceptors (Lipinski definition) is 18. The first kappa shape index (κ1) is 59.7. The number of methoxy groups -OCH3 is 1. The summed E-state index contributed by atoms with van der Waals surface area (Å²) < 4.78 is 54.8. The van der Waals surface area contributed by atoms with Crippen molar-refractivity contribution in [1.29, 1.82) is 0 Å². The highest BCUT2D eigenvalue weighted by Crippen LogP contribution is 2.46. The molecule has 0 amide bonds. The number of aliphatic hydroxyl groups is 5. The summed E-state index contributed by atoms with van der Waals surface area (Å²) in [4.78, 5) is 20.7. The molecule has 4 aliphatic heterocycles. The number of alkyl halides is 1. The summed E-state index contributed by atoms with van der Waals surface area (Å²) in [5, 5.41) is 68.2. The minimum absolute atomic E-state index is 0.188. The number of benzene rings is 1. The van der Waals surface area contributed by atoms with Gasteiger partial charge in [-0.05, 0) is 116 Å². The fourth-order valence-corrected chi connectivity index (χ4v) is 12.9. The zero-order valence-electron chi connectivity index (χ0n) is 46.8. The van der Waals surface area contributed by atoms with Crippen molar-refractivity contribution >= 4 is 11.7 Å². The van der Waals surface area contributed by atoms with Crippen LogP contribution in [0.1, 0.15) is 118 Å². The van der Waals surface area contributed by atoms with Gasteiger partial charge in [0.25, 0.3) is 0 Å². The molecule has 75 heavy (non-hydrogen) atoms. The zero-order chi connectivity index (χ0) is 55.0. The summed E-state index contributed by atoms with van der Waals surface area (Å²) >= 11 is 0. The molecule has 5 heterocycles. The third kappa shape index (κ3) is 13.2. The number of ether oxygens (including phenoxy) is 6. The van der Waals surface area contributed by atoms with Crippen LogP contribution < -0.4 is 10.6 Å². The number of halogens is 1. The maximum atomic E-state index is 15.0. The number of carbonyl (C=O) groups is 1. The van der Waals surface area contributed by atoms with Crippen molar-refractivity contribution in [2.45, 2.75) is 204 Å². The maximum absolute atomic E-state index is 15.0. The molecule has 0 spiro atoms. The number of carbonyl (C=O) groups excluding carboxylic acids is 1. The molecular formula is C55H92FN7O12. The molecule has 426 valence electrons. The predicted molar refractivity (Wildman–Crippen MR) is 279 cm³/mol. The standard InChI is InChI=1S/C55H92FN7O12/c1-14-43-55(10,69)50(66)34(7)61(12)25-29(2)23-54(9,68)51(32(5)48(33(6)52(67)73-43)74-44-21-30(3)46(64)35(8)72-44)75-53-47(65)41(22-31(4)71-53)60(11)20-19-37-26-63(59-58-37)42(24-56)49(70-13)36-15-17-38(18-16-36)62-27-39-40(28-62)45(39)57/h15-18,26,29-35,39-51,53,64-66,68-69H,14,19-25,27-28,57H2,1-13H3/t29-,30+,31-,32+,33-,34-,35+,39-,40+,41+,42-,43-,44+,45?,46-,47-,48+,49-,50-,51-,53+,54-,55-/m1/s1. The monoisotopic (exact) mass is 1060 g/mol. The lowest BCUT2D eigenvalue weighted by molar-refractivity contribution is -0.310. The SMILES string of the molecule is CC[C@H]1OC(=O)[C@H](C)[C@@H](O[C@H]2C[C@H](C)[C@@H](O)[C@H](C)O2)[C@H](C)[C@@H](O[C@@H]2O[C@H](C)C[C@H](N(C)CCc3cn([C@H](CF)[C@H](OC)c4ccc(N5C[C@@H]6C(N)[C@@H]6C5)cc4)nn3)[C@H]2O)[C@](C)(O)C[C@@H](C)CN(C)[C@H](C)[C@@H](O)[C@]1(C)O. The summed E-state index contributed by atoms with van der Waals surface area (Å²) in [5.41, 5.74) is 5.28. The molecular weight excluding hydrogens is 970 g/mol. The zero-order valence-corrected chi connectivity index (χ0v) is 46.8. The van der Waals surface area contributed by atoms with Crippen molar-refractivity contribution in [1.82, 2.24) is 24.8 Å². The molecule has 1 aromatic heterocycles. The number of nitrogens with zero attached hydrogens (tertiary/aromatic N) is 6. The van der Waals surface area contributed by atoms with Crippen LogP contribution in [0.15, 0.2) is 30.5 Å². The van der Waals surface area contributed by atoms with E-state index in [0.29, 0.717) is 55.9 Å². The van der Waals surface area contributed by atoms with Gasteiger partial charge in [-0.1, -0.05) is 45.0 Å². The minimum Gasteiger partial charge on any atom is -0.459 e. The number of esters is 1. The van der Waals surface area contributed by atoms with Gasteiger partial charge in [-0.2, -0.15) is 0 Å². The molecule has 7 rings (SSSR count). The predicted octanol–water partition coefficient (Wildman–Crippen LogP) is 3.63. The molecule has 1 aromatic carbocycles. The third-order valence-corrected chi connectivity index (χ3v) is 17.9. The number of aromatic nitrogens is 3. The van der Waals surface area contributed by atoms with Gasteiger partial charge in [-0.15, -0.1) is 5.10 Å². The van der Waals surface area contributed by atoms with Gasteiger partial charge in [0.05, 0.1) is 47.7 Å². The Balaban J connectivity index is 1.09.